The minimum absolute atomic E-state index is 0.425. The molecule has 0 bridgehead atoms. The molecule has 0 aromatic rings. The first-order chi connectivity index (χ1) is 9.30. The lowest BCUT2D eigenvalue weighted by Gasteiger charge is -2.20. The quantitative estimate of drug-likeness (QED) is 0.235. The van der Waals surface area contributed by atoms with Crippen molar-refractivity contribution in [1.82, 2.24) is 0 Å². The SMILES string of the molecule is CCC(C)(C)C/C=C(\C)CC/C=C(\C)CC/C(C)=N/O. The van der Waals surface area contributed by atoms with Crippen LogP contribution in [0, 0.1) is 5.41 Å². The second kappa shape index (κ2) is 9.79. The van der Waals surface area contributed by atoms with Gasteiger partial charge in [-0.2, -0.15) is 0 Å². The Labute approximate surface area is 125 Å². The van der Waals surface area contributed by atoms with Gasteiger partial charge in [0.1, 0.15) is 0 Å². The van der Waals surface area contributed by atoms with Crippen LogP contribution in [0.5, 0.6) is 0 Å². The second-order valence-corrected chi connectivity index (χ2v) is 6.70. The highest BCUT2D eigenvalue weighted by Crippen LogP contribution is 2.26. The van der Waals surface area contributed by atoms with E-state index >= 15 is 0 Å². The molecule has 0 fully saturated rings. The zero-order valence-corrected chi connectivity index (χ0v) is 14.3. The van der Waals surface area contributed by atoms with Gasteiger partial charge >= 0.3 is 0 Å². The molecule has 0 aliphatic heterocycles. The Morgan fingerprint density at radius 2 is 1.60 bits per heavy atom. The summed E-state index contributed by atoms with van der Waals surface area (Å²) in [6, 6.07) is 0. The summed E-state index contributed by atoms with van der Waals surface area (Å²) in [5, 5.41) is 11.8. The third kappa shape index (κ3) is 9.82. The van der Waals surface area contributed by atoms with Crippen LogP contribution >= 0.6 is 0 Å². The van der Waals surface area contributed by atoms with Gasteiger partial charge in [-0.05, 0) is 58.3 Å². The standard InChI is InChI=1S/C18H33NO/c1-7-18(5,6)14-13-16(3)10-8-9-15(2)11-12-17(4)19-20/h9,13,20H,7-8,10-12,14H2,1-6H3/b15-9+,16-13+,19-17+. The highest BCUT2D eigenvalue weighted by atomic mass is 16.4. The van der Waals surface area contributed by atoms with Gasteiger partial charge in [0.05, 0.1) is 5.71 Å². The molecule has 1 N–H and O–H groups in total. The molecule has 0 heterocycles. The number of nitrogens with zero attached hydrogens (tertiary/aromatic N) is 1. The van der Waals surface area contributed by atoms with Crippen LogP contribution in [0.2, 0.25) is 0 Å². The topological polar surface area (TPSA) is 32.6 Å². The van der Waals surface area contributed by atoms with Gasteiger partial charge in [0.15, 0.2) is 0 Å². The van der Waals surface area contributed by atoms with Gasteiger partial charge in [-0.25, -0.2) is 0 Å². The summed E-state index contributed by atoms with van der Waals surface area (Å²) in [6.45, 7) is 13.2. The van der Waals surface area contributed by atoms with Gasteiger partial charge in [0.25, 0.3) is 0 Å². The Balaban J connectivity index is 4.06. The number of rotatable bonds is 9. The molecule has 2 heteroatoms. The minimum Gasteiger partial charge on any atom is -0.411 e. The van der Waals surface area contributed by atoms with E-state index in [1.165, 1.54) is 24.0 Å². The average Bonchev–Trinajstić information content (AvgIpc) is 2.42. The summed E-state index contributed by atoms with van der Waals surface area (Å²) in [5.41, 5.74) is 4.10. The molecule has 0 saturated heterocycles. The van der Waals surface area contributed by atoms with Gasteiger partial charge in [-0.15, -0.1) is 0 Å². The summed E-state index contributed by atoms with van der Waals surface area (Å²) in [5.74, 6) is 0. The van der Waals surface area contributed by atoms with E-state index in [0.717, 1.165) is 31.4 Å². The fourth-order valence-corrected chi connectivity index (χ4v) is 1.77. The van der Waals surface area contributed by atoms with E-state index in [9.17, 15) is 0 Å². The Morgan fingerprint density at radius 3 is 2.15 bits per heavy atom. The lowest BCUT2D eigenvalue weighted by atomic mass is 9.85. The van der Waals surface area contributed by atoms with Gasteiger partial charge in [0, 0.05) is 0 Å². The third-order valence-corrected chi connectivity index (χ3v) is 4.04. The molecule has 0 amide bonds. The summed E-state index contributed by atoms with van der Waals surface area (Å²) in [7, 11) is 0. The first kappa shape index (κ1) is 18.9. The summed E-state index contributed by atoms with van der Waals surface area (Å²) in [4.78, 5) is 0. The van der Waals surface area contributed by atoms with Crippen molar-refractivity contribution < 1.29 is 5.21 Å². The zero-order chi connectivity index (χ0) is 15.6. The Morgan fingerprint density at radius 1 is 1.00 bits per heavy atom. The molecular formula is C18H33NO. The maximum atomic E-state index is 8.60. The lowest BCUT2D eigenvalue weighted by Crippen LogP contribution is -2.07. The Kier molecular flexibility index (Phi) is 9.28. The number of hydrogen-bond acceptors (Lipinski definition) is 2. The monoisotopic (exact) mass is 279 g/mol. The first-order valence-corrected chi connectivity index (χ1v) is 7.79. The Bertz CT molecular complexity index is 362. The van der Waals surface area contributed by atoms with Crippen molar-refractivity contribution in [3.63, 3.8) is 0 Å². The smallest absolute Gasteiger partial charge is 0.0543 e. The highest BCUT2D eigenvalue weighted by molar-refractivity contribution is 5.81. The average molecular weight is 279 g/mol. The zero-order valence-electron chi connectivity index (χ0n) is 14.3. The van der Waals surface area contributed by atoms with E-state index < -0.39 is 0 Å². The van der Waals surface area contributed by atoms with Crippen LogP contribution in [0.25, 0.3) is 0 Å². The molecule has 0 unspecified atom stereocenters. The van der Waals surface area contributed by atoms with Crippen molar-refractivity contribution in [2.24, 2.45) is 10.6 Å². The summed E-state index contributed by atoms with van der Waals surface area (Å²) in [6.07, 6.45) is 11.2. The van der Waals surface area contributed by atoms with Gasteiger partial charge in [0.2, 0.25) is 0 Å². The third-order valence-electron chi connectivity index (χ3n) is 4.04. The summed E-state index contributed by atoms with van der Waals surface area (Å²) < 4.78 is 0. The minimum atomic E-state index is 0.425. The maximum absolute atomic E-state index is 8.60. The van der Waals surface area contributed by atoms with Gasteiger partial charge in [-0.1, -0.05) is 55.6 Å². The predicted molar refractivity (Wildman–Crippen MR) is 89.6 cm³/mol. The van der Waals surface area contributed by atoms with Crippen molar-refractivity contribution >= 4 is 5.71 Å². The van der Waals surface area contributed by atoms with E-state index in [1.54, 1.807) is 0 Å². The van der Waals surface area contributed by atoms with Crippen LogP contribution in [0.1, 0.15) is 80.1 Å². The summed E-state index contributed by atoms with van der Waals surface area (Å²) >= 11 is 0. The van der Waals surface area contributed by atoms with Crippen molar-refractivity contribution in [3.05, 3.63) is 23.3 Å². The molecule has 116 valence electrons. The van der Waals surface area contributed by atoms with E-state index in [0.29, 0.717) is 5.41 Å². The fraction of sp³-hybridized carbons (Fsp3) is 0.722. The molecule has 0 radical (unpaired) electrons. The van der Waals surface area contributed by atoms with Crippen LogP contribution in [0.4, 0.5) is 0 Å². The van der Waals surface area contributed by atoms with E-state index in [1.807, 2.05) is 6.92 Å². The van der Waals surface area contributed by atoms with Crippen LogP contribution in [0.15, 0.2) is 28.5 Å². The van der Waals surface area contributed by atoms with E-state index in [-0.39, 0.29) is 0 Å². The molecule has 0 atom stereocenters. The van der Waals surface area contributed by atoms with Crippen molar-refractivity contribution in [3.8, 4) is 0 Å². The molecule has 2 nitrogen and oxygen atoms in total. The van der Waals surface area contributed by atoms with E-state index in [2.05, 4.69) is 51.9 Å². The van der Waals surface area contributed by atoms with Crippen molar-refractivity contribution in [2.45, 2.75) is 80.1 Å². The van der Waals surface area contributed by atoms with Crippen LogP contribution in [-0.2, 0) is 0 Å². The van der Waals surface area contributed by atoms with Crippen LogP contribution in [0.3, 0.4) is 0 Å². The molecule has 0 rings (SSSR count). The van der Waals surface area contributed by atoms with Crippen LogP contribution < -0.4 is 0 Å². The van der Waals surface area contributed by atoms with Gasteiger partial charge in [-0.3, -0.25) is 0 Å². The molecule has 0 saturated carbocycles. The largest absolute Gasteiger partial charge is 0.411 e. The number of hydrogen-bond donors (Lipinski definition) is 1. The van der Waals surface area contributed by atoms with Crippen LogP contribution in [-0.4, -0.2) is 10.9 Å². The molecule has 0 aromatic carbocycles. The molecular weight excluding hydrogens is 246 g/mol. The van der Waals surface area contributed by atoms with Crippen molar-refractivity contribution in [2.75, 3.05) is 0 Å². The number of allylic oxidation sites excluding steroid dienone is 4. The first-order valence-electron chi connectivity index (χ1n) is 7.79. The van der Waals surface area contributed by atoms with Gasteiger partial charge < -0.3 is 5.21 Å². The van der Waals surface area contributed by atoms with E-state index in [4.69, 9.17) is 5.21 Å². The Hall–Kier alpha value is -1.05. The molecule has 0 aliphatic rings. The fourth-order valence-electron chi connectivity index (χ4n) is 1.77. The maximum Gasteiger partial charge on any atom is 0.0543 e. The predicted octanol–water partition coefficient (Wildman–Crippen LogP) is 6.12. The number of oxime groups is 1. The molecule has 20 heavy (non-hydrogen) atoms. The molecule has 0 spiro atoms. The second-order valence-electron chi connectivity index (χ2n) is 6.70. The lowest BCUT2D eigenvalue weighted by molar-refractivity contribution is 0.317. The molecule has 0 aliphatic carbocycles. The molecule has 0 aromatic heterocycles. The normalized spacial score (nSPS) is 14.8. The highest BCUT2D eigenvalue weighted by Gasteiger charge is 2.12. The van der Waals surface area contributed by atoms with Crippen molar-refractivity contribution in [1.29, 1.82) is 0 Å².